The van der Waals surface area contributed by atoms with Crippen molar-refractivity contribution < 1.29 is 9.59 Å². The van der Waals surface area contributed by atoms with Crippen LogP contribution in [-0.4, -0.2) is 47.8 Å². The average molecular weight is 391 g/mol. The van der Waals surface area contributed by atoms with Gasteiger partial charge in [0.05, 0.1) is 10.6 Å². The SMILES string of the molecule is O=C(CCc1ccc(Cl)cc1)N1CCN(C(=O)c2ccccc2Cl)CC1. The van der Waals surface area contributed by atoms with Crippen LogP contribution in [0.25, 0.3) is 0 Å². The third-order valence-electron chi connectivity index (χ3n) is 4.56. The summed E-state index contributed by atoms with van der Waals surface area (Å²) in [4.78, 5) is 28.6. The molecule has 6 heteroatoms. The van der Waals surface area contributed by atoms with E-state index in [0.717, 1.165) is 5.56 Å². The Morgan fingerprint density at radius 3 is 2.12 bits per heavy atom. The van der Waals surface area contributed by atoms with Crippen molar-refractivity contribution in [1.29, 1.82) is 0 Å². The standard InChI is InChI=1S/C20H20Cl2N2O2/c21-16-8-5-15(6-9-16)7-10-19(25)23-11-13-24(14-12-23)20(26)17-3-1-2-4-18(17)22/h1-6,8-9H,7,10-14H2. The van der Waals surface area contributed by atoms with Gasteiger partial charge in [-0.3, -0.25) is 9.59 Å². The molecule has 0 bridgehead atoms. The van der Waals surface area contributed by atoms with Crippen LogP contribution >= 0.6 is 23.2 Å². The van der Waals surface area contributed by atoms with Crippen LogP contribution in [0.5, 0.6) is 0 Å². The van der Waals surface area contributed by atoms with Crippen molar-refractivity contribution in [2.24, 2.45) is 0 Å². The second-order valence-electron chi connectivity index (χ2n) is 6.28. The minimum Gasteiger partial charge on any atom is -0.339 e. The van der Waals surface area contributed by atoms with Crippen molar-refractivity contribution in [1.82, 2.24) is 9.80 Å². The Labute approximate surface area is 163 Å². The maximum absolute atomic E-state index is 12.6. The van der Waals surface area contributed by atoms with Gasteiger partial charge < -0.3 is 9.80 Å². The first-order valence-corrected chi connectivity index (χ1v) is 9.36. The second-order valence-corrected chi connectivity index (χ2v) is 7.12. The number of benzene rings is 2. The molecule has 0 aromatic heterocycles. The maximum atomic E-state index is 12.6. The first kappa shape index (κ1) is 18.7. The molecule has 1 fully saturated rings. The quantitative estimate of drug-likeness (QED) is 0.793. The Bertz CT molecular complexity index is 785. The molecule has 0 spiro atoms. The summed E-state index contributed by atoms with van der Waals surface area (Å²) >= 11 is 12.0. The molecule has 2 aromatic rings. The zero-order valence-corrected chi connectivity index (χ0v) is 15.8. The second kappa shape index (κ2) is 8.56. The van der Waals surface area contributed by atoms with E-state index in [2.05, 4.69) is 0 Å². The lowest BCUT2D eigenvalue weighted by molar-refractivity contribution is -0.132. The number of halogens is 2. The number of aryl methyl sites for hydroxylation is 1. The van der Waals surface area contributed by atoms with E-state index in [1.165, 1.54) is 0 Å². The van der Waals surface area contributed by atoms with E-state index in [1.807, 2.05) is 29.2 Å². The highest BCUT2D eigenvalue weighted by Gasteiger charge is 2.25. The van der Waals surface area contributed by atoms with Crippen LogP contribution in [0.3, 0.4) is 0 Å². The van der Waals surface area contributed by atoms with Crippen LogP contribution in [-0.2, 0) is 11.2 Å². The lowest BCUT2D eigenvalue weighted by Gasteiger charge is -2.35. The van der Waals surface area contributed by atoms with Crippen LogP contribution in [0.4, 0.5) is 0 Å². The monoisotopic (exact) mass is 390 g/mol. The van der Waals surface area contributed by atoms with E-state index in [0.29, 0.717) is 54.6 Å². The lowest BCUT2D eigenvalue weighted by Crippen LogP contribution is -2.50. The van der Waals surface area contributed by atoms with Gasteiger partial charge in [0, 0.05) is 37.6 Å². The molecule has 2 aromatic carbocycles. The van der Waals surface area contributed by atoms with Crippen molar-refractivity contribution in [3.8, 4) is 0 Å². The fourth-order valence-electron chi connectivity index (χ4n) is 3.02. The van der Waals surface area contributed by atoms with Crippen LogP contribution in [0.1, 0.15) is 22.3 Å². The fraction of sp³-hybridized carbons (Fsp3) is 0.300. The van der Waals surface area contributed by atoms with E-state index in [1.54, 1.807) is 29.2 Å². The van der Waals surface area contributed by atoms with E-state index in [-0.39, 0.29) is 11.8 Å². The third-order valence-corrected chi connectivity index (χ3v) is 5.15. The van der Waals surface area contributed by atoms with Crippen molar-refractivity contribution in [3.63, 3.8) is 0 Å². The van der Waals surface area contributed by atoms with Crippen molar-refractivity contribution in [2.75, 3.05) is 26.2 Å². The van der Waals surface area contributed by atoms with Gasteiger partial charge in [-0.05, 0) is 36.2 Å². The molecule has 1 aliphatic rings. The molecular weight excluding hydrogens is 371 g/mol. The number of rotatable bonds is 4. The number of amides is 2. The molecule has 26 heavy (non-hydrogen) atoms. The predicted molar refractivity (Wildman–Crippen MR) is 104 cm³/mol. The van der Waals surface area contributed by atoms with Crippen molar-refractivity contribution in [3.05, 3.63) is 69.7 Å². The Morgan fingerprint density at radius 1 is 0.846 bits per heavy atom. The highest BCUT2D eigenvalue weighted by Crippen LogP contribution is 2.18. The molecule has 1 heterocycles. The first-order valence-electron chi connectivity index (χ1n) is 8.60. The summed E-state index contributed by atoms with van der Waals surface area (Å²) in [6.45, 7) is 2.15. The molecule has 0 N–H and O–H groups in total. The summed E-state index contributed by atoms with van der Waals surface area (Å²) in [7, 11) is 0. The summed E-state index contributed by atoms with van der Waals surface area (Å²) in [5.41, 5.74) is 1.60. The third kappa shape index (κ3) is 4.57. The van der Waals surface area contributed by atoms with Gasteiger partial charge in [-0.25, -0.2) is 0 Å². The zero-order valence-electron chi connectivity index (χ0n) is 14.3. The molecule has 136 valence electrons. The highest BCUT2D eigenvalue weighted by molar-refractivity contribution is 6.33. The lowest BCUT2D eigenvalue weighted by atomic mass is 10.1. The summed E-state index contributed by atoms with van der Waals surface area (Å²) in [5.74, 6) is 0.0358. The fourth-order valence-corrected chi connectivity index (χ4v) is 3.37. The van der Waals surface area contributed by atoms with Crippen molar-refractivity contribution in [2.45, 2.75) is 12.8 Å². The molecule has 0 aliphatic carbocycles. The number of nitrogens with zero attached hydrogens (tertiary/aromatic N) is 2. The first-order chi connectivity index (χ1) is 12.5. The van der Waals surface area contributed by atoms with Gasteiger partial charge in [0.1, 0.15) is 0 Å². The smallest absolute Gasteiger partial charge is 0.255 e. The van der Waals surface area contributed by atoms with Crippen LogP contribution in [0.2, 0.25) is 10.0 Å². The van der Waals surface area contributed by atoms with Gasteiger partial charge in [0.15, 0.2) is 0 Å². The molecular formula is C20H20Cl2N2O2. The van der Waals surface area contributed by atoms with E-state index in [4.69, 9.17) is 23.2 Å². The molecule has 0 saturated carbocycles. The summed E-state index contributed by atoms with van der Waals surface area (Å²) in [6.07, 6.45) is 1.15. The van der Waals surface area contributed by atoms with E-state index < -0.39 is 0 Å². The molecule has 4 nitrogen and oxygen atoms in total. The van der Waals surface area contributed by atoms with Crippen LogP contribution in [0.15, 0.2) is 48.5 Å². The van der Waals surface area contributed by atoms with E-state index in [9.17, 15) is 9.59 Å². The van der Waals surface area contributed by atoms with Crippen molar-refractivity contribution >= 4 is 35.0 Å². The molecule has 1 aliphatic heterocycles. The van der Waals surface area contributed by atoms with E-state index >= 15 is 0 Å². The van der Waals surface area contributed by atoms with Crippen LogP contribution < -0.4 is 0 Å². The van der Waals surface area contributed by atoms with Gasteiger partial charge in [-0.1, -0.05) is 47.5 Å². The number of carbonyl (C=O) groups is 2. The Kier molecular flexibility index (Phi) is 6.17. The normalized spacial score (nSPS) is 14.4. The average Bonchev–Trinajstić information content (AvgIpc) is 2.67. The van der Waals surface area contributed by atoms with Gasteiger partial charge in [-0.15, -0.1) is 0 Å². The topological polar surface area (TPSA) is 40.6 Å². The summed E-state index contributed by atoms with van der Waals surface area (Å²) < 4.78 is 0. The number of piperazine rings is 1. The number of hydrogen-bond acceptors (Lipinski definition) is 2. The van der Waals surface area contributed by atoms with Gasteiger partial charge in [0.25, 0.3) is 5.91 Å². The Balaban J connectivity index is 1.50. The zero-order chi connectivity index (χ0) is 18.5. The largest absolute Gasteiger partial charge is 0.339 e. The molecule has 1 saturated heterocycles. The number of hydrogen-bond donors (Lipinski definition) is 0. The molecule has 2 amide bonds. The molecule has 0 radical (unpaired) electrons. The maximum Gasteiger partial charge on any atom is 0.255 e. The van der Waals surface area contributed by atoms with Gasteiger partial charge in [0.2, 0.25) is 5.91 Å². The Hall–Kier alpha value is -2.04. The number of carbonyl (C=O) groups excluding carboxylic acids is 2. The van der Waals surface area contributed by atoms with Crippen LogP contribution in [0, 0.1) is 0 Å². The van der Waals surface area contributed by atoms with Gasteiger partial charge in [-0.2, -0.15) is 0 Å². The minimum atomic E-state index is -0.0798. The predicted octanol–water partition coefficient (Wildman–Crippen LogP) is 3.91. The summed E-state index contributed by atoms with van der Waals surface area (Å²) in [6, 6.07) is 14.6. The molecule has 0 atom stereocenters. The molecule has 3 rings (SSSR count). The van der Waals surface area contributed by atoms with Gasteiger partial charge >= 0.3 is 0 Å². The molecule has 0 unspecified atom stereocenters. The minimum absolute atomic E-state index is 0.0798. The summed E-state index contributed by atoms with van der Waals surface area (Å²) in [5, 5.41) is 1.15. The Morgan fingerprint density at radius 2 is 1.46 bits per heavy atom. The highest BCUT2D eigenvalue weighted by atomic mass is 35.5.